The second kappa shape index (κ2) is 5.19. The third-order valence-corrected chi connectivity index (χ3v) is 1.25. The monoisotopic (exact) mass is 131 g/mol. The van der Waals surface area contributed by atoms with Crippen LogP contribution in [0.1, 0.15) is 26.2 Å². The molecular weight excluding hydrogens is 118 g/mol. The lowest BCUT2D eigenvalue weighted by Gasteiger charge is -2.03. The fraction of sp³-hybridized carbons (Fsp3) is 0.833. The fourth-order valence-electron chi connectivity index (χ4n) is 0.612. The van der Waals surface area contributed by atoms with Gasteiger partial charge in [-0.15, -0.1) is 0 Å². The first kappa shape index (κ1) is 8.05. The molecule has 0 aromatic heterocycles. The summed E-state index contributed by atoms with van der Waals surface area (Å²) in [4.78, 5) is 0. The lowest BCUT2D eigenvalue weighted by molar-refractivity contribution is 0.628. The van der Waals surface area contributed by atoms with Crippen LogP contribution in [0.5, 0.6) is 0 Å². The first-order valence-electron chi connectivity index (χ1n) is 3.00. The van der Waals surface area contributed by atoms with E-state index in [9.17, 15) is 0 Å². The summed E-state index contributed by atoms with van der Waals surface area (Å²) in [6.45, 7) is 2.13. The maximum atomic E-state index is 5.60. The first-order chi connectivity index (χ1) is 3.81. The highest BCUT2D eigenvalue weighted by Gasteiger charge is 1.95. The fourth-order valence-corrected chi connectivity index (χ4v) is 0.859. The highest BCUT2D eigenvalue weighted by Crippen LogP contribution is 1.94. The number of thiocarbonyl (C=S) groups is 1. The van der Waals surface area contributed by atoms with Crippen LogP contribution in [0.3, 0.4) is 0 Å². The van der Waals surface area contributed by atoms with Gasteiger partial charge in [0.25, 0.3) is 0 Å². The van der Waals surface area contributed by atoms with Crippen molar-refractivity contribution in [2.24, 2.45) is 5.73 Å². The van der Waals surface area contributed by atoms with Crippen LogP contribution in [0.25, 0.3) is 0 Å². The largest absolute Gasteiger partial charge is 0.327 e. The molecule has 1 nitrogen and oxygen atoms in total. The average Bonchev–Trinajstić information content (AvgIpc) is 1.68. The maximum Gasteiger partial charge on any atom is 0.00814 e. The molecule has 2 heteroatoms. The minimum Gasteiger partial charge on any atom is -0.327 e. The molecule has 0 aromatic carbocycles. The van der Waals surface area contributed by atoms with Crippen LogP contribution >= 0.6 is 12.2 Å². The van der Waals surface area contributed by atoms with Crippen LogP contribution in [0.4, 0.5) is 0 Å². The number of rotatable bonds is 4. The van der Waals surface area contributed by atoms with Crippen LogP contribution in [-0.4, -0.2) is 11.4 Å². The molecule has 0 aromatic rings. The maximum absolute atomic E-state index is 5.60. The Morgan fingerprint density at radius 3 is 2.75 bits per heavy atom. The van der Waals surface area contributed by atoms with E-state index in [2.05, 4.69) is 19.1 Å². The molecular formula is C6H13NS. The Bertz CT molecular complexity index is 63.5. The predicted molar refractivity (Wildman–Crippen MR) is 41.2 cm³/mol. The Labute approximate surface area is 56.3 Å². The van der Waals surface area contributed by atoms with Gasteiger partial charge in [-0.25, -0.2) is 0 Å². The molecule has 0 rings (SSSR count). The quantitative estimate of drug-likeness (QED) is 0.585. The van der Waals surface area contributed by atoms with Gasteiger partial charge in [0, 0.05) is 6.04 Å². The van der Waals surface area contributed by atoms with Crippen LogP contribution < -0.4 is 5.73 Å². The molecule has 0 aliphatic carbocycles. The van der Waals surface area contributed by atoms with E-state index in [-0.39, 0.29) is 0 Å². The number of nitrogens with two attached hydrogens (primary N) is 1. The molecule has 1 atom stereocenters. The van der Waals surface area contributed by atoms with Crippen molar-refractivity contribution in [1.29, 1.82) is 0 Å². The van der Waals surface area contributed by atoms with E-state index in [0.29, 0.717) is 6.04 Å². The summed E-state index contributed by atoms with van der Waals surface area (Å²) in [6.07, 6.45) is 3.13. The summed E-state index contributed by atoms with van der Waals surface area (Å²) in [5.74, 6) is 0. The van der Waals surface area contributed by atoms with Gasteiger partial charge in [-0.3, -0.25) is 0 Å². The smallest absolute Gasteiger partial charge is 0.00814 e. The summed E-state index contributed by atoms with van der Waals surface area (Å²) in [7, 11) is 0. The molecule has 0 fully saturated rings. The van der Waals surface area contributed by atoms with E-state index in [1.165, 1.54) is 0 Å². The highest BCUT2D eigenvalue weighted by molar-refractivity contribution is 7.78. The molecule has 0 spiro atoms. The van der Waals surface area contributed by atoms with Gasteiger partial charge in [-0.05, 0) is 18.2 Å². The summed E-state index contributed by atoms with van der Waals surface area (Å²) in [5.41, 5.74) is 5.60. The molecule has 0 radical (unpaired) electrons. The lowest BCUT2D eigenvalue weighted by atomic mass is 10.1. The Hall–Kier alpha value is 0.0500. The molecule has 1 unspecified atom stereocenters. The molecule has 0 aliphatic rings. The molecule has 48 valence electrons. The van der Waals surface area contributed by atoms with Gasteiger partial charge >= 0.3 is 0 Å². The first-order valence-corrected chi connectivity index (χ1v) is 3.47. The molecule has 0 heterocycles. The standard InChI is InChI=1S/C6H13NS/c1-2-3-6(7)4-5-8/h5-6H,2-4,7H2,1H3. The lowest BCUT2D eigenvalue weighted by Crippen LogP contribution is -2.19. The Morgan fingerprint density at radius 2 is 2.38 bits per heavy atom. The molecule has 8 heavy (non-hydrogen) atoms. The van der Waals surface area contributed by atoms with Crippen LogP contribution in [-0.2, 0) is 0 Å². The molecule has 0 amide bonds. The summed E-state index contributed by atoms with van der Waals surface area (Å²) < 4.78 is 0. The van der Waals surface area contributed by atoms with E-state index in [0.717, 1.165) is 19.3 Å². The van der Waals surface area contributed by atoms with Crippen molar-refractivity contribution in [1.82, 2.24) is 0 Å². The van der Waals surface area contributed by atoms with E-state index in [1.807, 2.05) is 0 Å². The predicted octanol–water partition coefficient (Wildman–Crippen LogP) is 1.50. The zero-order valence-electron chi connectivity index (χ0n) is 5.26. The minimum atomic E-state index is 0.303. The van der Waals surface area contributed by atoms with Crippen molar-refractivity contribution in [2.45, 2.75) is 32.2 Å². The number of hydrogen-bond donors (Lipinski definition) is 1. The molecule has 0 saturated heterocycles. The van der Waals surface area contributed by atoms with Crippen LogP contribution in [0.2, 0.25) is 0 Å². The second-order valence-corrected chi connectivity index (χ2v) is 2.28. The topological polar surface area (TPSA) is 26.0 Å². The molecule has 2 N–H and O–H groups in total. The summed E-state index contributed by atoms with van der Waals surface area (Å²) in [5, 5.41) is 1.71. The molecule has 0 saturated carbocycles. The third-order valence-electron chi connectivity index (χ3n) is 1.06. The van der Waals surface area contributed by atoms with Gasteiger partial charge in [-0.2, -0.15) is 0 Å². The van der Waals surface area contributed by atoms with Gasteiger partial charge in [0.2, 0.25) is 0 Å². The van der Waals surface area contributed by atoms with E-state index >= 15 is 0 Å². The van der Waals surface area contributed by atoms with Gasteiger partial charge in [0.15, 0.2) is 0 Å². The van der Waals surface area contributed by atoms with Crippen molar-refractivity contribution < 1.29 is 0 Å². The van der Waals surface area contributed by atoms with Gasteiger partial charge in [-0.1, -0.05) is 25.6 Å². The summed E-state index contributed by atoms with van der Waals surface area (Å²) in [6, 6.07) is 0.303. The van der Waals surface area contributed by atoms with Crippen molar-refractivity contribution >= 4 is 17.6 Å². The molecule has 0 aliphatic heterocycles. The van der Waals surface area contributed by atoms with Gasteiger partial charge in [0.05, 0.1) is 0 Å². The highest BCUT2D eigenvalue weighted by atomic mass is 32.1. The van der Waals surface area contributed by atoms with Crippen molar-refractivity contribution in [3.8, 4) is 0 Å². The Kier molecular flexibility index (Phi) is 5.22. The van der Waals surface area contributed by atoms with Crippen LogP contribution in [0.15, 0.2) is 0 Å². The normalized spacial score (nSPS) is 13.2. The van der Waals surface area contributed by atoms with E-state index < -0.39 is 0 Å². The zero-order valence-corrected chi connectivity index (χ0v) is 6.08. The SMILES string of the molecule is CCCC(N)CC=S. The second-order valence-electron chi connectivity index (χ2n) is 1.95. The third kappa shape index (κ3) is 4.22. The Balaban J connectivity index is 3.03. The average molecular weight is 131 g/mol. The van der Waals surface area contributed by atoms with Gasteiger partial charge < -0.3 is 5.73 Å². The van der Waals surface area contributed by atoms with Crippen molar-refractivity contribution in [2.75, 3.05) is 0 Å². The zero-order chi connectivity index (χ0) is 6.41. The van der Waals surface area contributed by atoms with Gasteiger partial charge in [0.1, 0.15) is 0 Å². The minimum absolute atomic E-state index is 0.303. The van der Waals surface area contributed by atoms with Crippen molar-refractivity contribution in [3.05, 3.63) is 0 Å². The van der Waals surface area contributed by atoms with E-state index in [1.54, 1.807) is 5.37 Å². The number of hydrogen-bond acceptors (Lipinski definition) is 2. The van der Waals surface area contributed by atoms with E-state index in [4.69, 9.17) is 5.73 Å². The van der Waals surface area contributed by atoms with Crippen molar-refractivity contribution in [3.63, 3.8) is 0 Å². The molecule has 0 bridgehead atoms. The Morgan fingerprint density at radius 1 is 1.75 bits per heavy atom. The van der Waals surface area contributed by atoms with Crippen LogP contribution in [0, 0.1) is 0 Å². The summed E-state index contributed by atoms with van der Waals surface area (Å²) >= 11 is 4.64.